The van der Waals surface area contributed by atoms with Crippen molar-refractivity contribution in [2.75, 3.05) is 0 Å². The monoisotopic (exact) mass is 207 g/mol. The fourth-order valence-electron chi connectivity index (χ4n) is 1.20. The van der Waals surface area contributed by atoms with Crippen molar-refractivity contribution >= 4 is 17.6 Å². The molecule has 2 rings (SSSR count). The van der Waals surface area contributed by atoms with Crippen LogP contribution in [0.4, 0.5) is 4.39 Å². The summed E-state index contributed by atoms with van der Waals surface area (Å²) in [5.74, 6) is -0.362. The number of aldehydes is 1. The van der Waals surface area contributed by atoms with Crippen LogP contribution in [0.15, 0.2) is 29.1 Å². The molecule has 0 radical (unpaired) electrons. The number of thiazole rings is 1. The van der Waals surface area contributed by atoms with Crippen molar-refractivity contribution < 1.29 is 9.18 Å². The normalized spacial score (nSPS) is 10.1. The zero-order valence-electron chi connectivity index (χ0n) is 7.11. The third-order valence-electron chi connectivity index (χ3n) is 1.85. The maximum Gasteiger partial charge on any atom is 0.150 e. The number of aromatic nitrogens is 1. The Kier molecular flexibility index (Phi) is 2.37. The largest absolute Gasteiger partial charge is 0.298 e. The molecule has 0 aliphatic carbocycles. The molecule has 0 bridgehead atoms. The third-order valence-corrected chi connectivity index (χ3v) is 2.44. The number of carbonyl (C=O) groups excluding carboxylic acids is 1. The molecule has 0 spiro atoms. The first-order chi connectivity index (χ1) is 6.81. The van der Waals surface area contributed by atoms with Gasteiger partial charge in [-0.3, -0.25) is 4.79 Å². The molecule has 4 heteroatoms. The highest BCUT2D eigenvalue weighted by Crippen LogP contribution is 2.23. The van der Waals surface area contributed by atoms with Crippen molar-refractivity contribution in [3.05, 3.63) is 40.5 Å². The van der Waals surface area contributed by atoms with E-state index in [0.29, 0.717) is 23.1 Å². The van der Waals surface area contributed by atoms with Gasteiger partial charge in [-0.05, 0) is 18.2 Å². The van der Waals surface area contributed by atoms with E-state index < -0.39 is 0 Å². The van der Waals surface area contributed by atoms with Crippen LogP contribution < -0.4 is 0 Å². The van der Waals surface area contributed by atoms with Crippen LogP contribution in [0.2, 0.25) is 0 Å². The van der Waals surface area contributed by atoms with Crippen LogP contribution in [0.5, 0.6) is 0 Å². The molecule has 70 valence electrons. The van der Waals surface area contributed by atoms with Gasteiger partial charge in [0.25, 0.3) is 0 Å². The molecule has 0 atom stereocenters. The minimum absolute atomic E-state index is 0.362. The highest BCUT2D eigenvalue weighted by atomic mass is 32.1. The molecule has 2 nitrogen and oxygen atoms in total. The Morgan fingerprint density at radius 3 is 2.93 bits per heavy atom. The van der Waals surface area contributed by atoms with E-state index >= 15 is 0 Å². The minimum atomic E-state index is -0.362. The number of rotatable bonds is 2. The number of hydrogen-bond acceptors (Lipinski definition) is 3. The lowest BCUT2D eigenvalue weighted by atomic mass is 10.1. The Bertz CT molecular complexity index is 453. The molecule has 0 saturated carbocycles. The Morgan fingerprint density at radius 1 is 1.43 bits per heavy atom. The van der Waals surface area contributed by atoms with Crippen LogP contribution in [0.25, 0.3) is 11.3 Å². The topological polar surface area (TPSA) is 30.0 Å². The van der Waals surface area contributed by atoms with Crippen LogP contribution in [0.1, 0.15) is 10.4 Å². The lowest BCUT2D eigenvalue weighted by Crippen LogP contribution is -1.88. The van der Waals surface area contributed by atoms with E-state index in [4.69, 9.17) is 0 Å². The Balaban J connectivity index is 2.61. The first-order valence-electron chi connectivity index (χ1n) is 3.94. The highest BCUT2D eigenvalue weighted by molar-refractivity contribution is 7.07. The zero-order chi connectivity index (χ0) is 9.97. The molecule has 1 heterocycles. The fraction of sp³-hybridized carbons (Fsp3) is 0. The summed E-state index contributed by atoms with van der Waals surface area (Å²) in [7, 11) is 0. The molecule has 0 aliphatic heterocycles. The Labute approximate surface area is 84.0 Å². The maximum absolute atomic E-state index is 12.9. The molecule has 0 saturated heterocycles. The van der Waals surface area contributed by atoms with Crippen LogP contribution in [0, 0.1) is 5.82 Å². The SMILES string of the molecule is O=Cc1ccc(F)cc1-c1cscn1. The Morgan fingerprint density at radius 2 is 2.29 bits per heavy atom. The summed E-state index contributed by atoms with van der Waals surface area (Å²) in [4.78, 5) is 14.7. The second-order valence-corrected chi connectivity index (χ2v) is 3.44. The number of carbonyl (C=O) groups is 1. The summed E-state index contributed by atoms with van der Waals surface area (Å²) in [6.07, 6.45) is 0.702. The van der Waals surface area contributed by atoms with Crippen LogP contribution >= 0.6 is 11.3 Å². The molecule has 0 N–H and O–H groups in total. The van der Waals surface area contributed by atoms with Crippen LogP contribution in [0.3, 0.4) is 0 Å². The predicted octanol–water partition coefficient (Wildman–Crippen LogP) is 2.76. The van der Waals surface area contributed by atoms with Gasteiger partial charge in [0, 0.05) is 16.5 Å². The average Bonchev–Trinajstić information content (AvgIpc) is 2.70. The fourth-order valence-corrected chi connectivity index (χ4v) is 1.75. The van der Waals surface area contributed by atoms with Gasteiger partial charge in [-0.25, -0.2) is 9.37 Å². The summed E-state index contributed by atoms with van der Waals surface area (Å²) < 4.78 is 12.9. The number of nitrogens with zero attached hydrogens (tertiary/aromatic N) is 1. The number of halogens is 1. The first kappa shape index (κ1) is 9.02. The Hall–Kier alpha value is -1.55. The van der Waals surface area contributed by atoms with Gasteiger partial charge in [0.1, 0.15) is 5.82 Å². The lowest BCUT2D eigenvalue weighted by molar-refractivity contribution is 0.112. The molecule has 0 fully saturated rings. The standard InChI is InChI=1S/C10H6FNOS/c11-8-2-1-7(4-13)9(3-8)10-5-14-6-12-10/h1-6H. The van der Waals surface area contributed by atoms with Gasteiger partial charge in [0.15, 0.2) is 6.29 Å². The third kappa shape index (κ3) is 1.56. The summed E-state index contributed by atoms with van der Waals surface area (Å²) in [5, 5.41) is 1.78. The molecular weight excluding hydrogens is 201 g/mol. The second-order valence-electron chi connectivity index (χ2n) is 2.72. The number of benzene rings is 1. The van der Waals surface area contributed by atoms with Gasteiger partial charge in [-0.1, -0.05) is 0 Å². The molecule has 1 aromatic carbocycles. The molecule has 2 aromatic rings. The van der Waals surface area contributed by atoms with E-state index in [2.05, 4.69) is 4.98 Å². The summed E-state index contributed by atoms with van der Waals surface area (Å²) in [6.45, 7) is 0. The minimum Gasteiger partial charge on any atom is -0.298 e. The molecule has 0 aliphatic rings. The van der Waals surface area contributed by atoms with E-state index in [1.165, 1.54) is 29.5 Å². The molecule has 1 aromatic heterocycles. The van der Waals surface area contributed by atoms with Crippen molar-refractivity contribution in [2.45, 2.75) is 0 Å². The van der Waals surface area contributed by atoms with Gasteiger partial charge in [-0.2, -0.15) is 0 Å². The van der Waals surface area contributed by atoms with Crippen LogP contribution in [-0.4, -0.2) is 11.3 Å². The van der Waals surface area contributed by atoms with Crippen molar-refractivity contribution in [3.8, 4) is 11.3 Å². The second kappa shape index (κ2) is 3.67. The van der Waals surface area contributed by atoms with Crippen molar-refractivity contribution in [3.63, 3.8) is 0 Å². The maximum atomic E-state index is 12.9. The lowest BCUT2D eigenvalue weighted by Gasteiger charge is -2.00. The molecule has 14 heavy (non-hydrogen) atoms. The predicted molar refractivity (Wildman–Crippen MR) is 52.9 cm³/mol. The summed E-state index contributed by atoms with van der Waals surface area (Å²) >= 11 is 1.41. The molecule has 0 amide bonds. The van der Waals surface area contributed by atoms with Gasteiger partial charge in [-0.15, -0.1) is 11.3 Å². The van der Waals surface area contributed by atoms with Gasteiger partial charge < -0.3 is 0 Å². The van der Waals surface area contributed by atoms with E-state index in [1.54, 1.807) is 10.9 Å². The summed E-state index contributed by atoms with van der Waals surface area (Å²) in [5.41, 5.74) is 3.28. The van der Waals surface area contributed by atoms with Crippen molar-refractivity contribution in [2.24, 2.45) is 0 Å². The van der Waals surface area contributed by atoms with E-state index in [1.807, 2.05) is 0 Å². The van der Waals surface area contributed by atoms with Crippen LogP contribution in [-0.2, 0) is 0 Å². The van der Waals surface area contributed by atoms with Gasteiger partial charge in [0.2, 0.25) is 0 Å². The molecule has 0 unspecified atom stereocenters. The first-order valence-corrected chi connectivity index (χ1v) is 4.89. The van der Waals surface area contributed by atoms with E-state index in [-0.39, 0.29) is 5.82 Å². The van der Waals surface area contributed by atoms with Crippen molar-refractivity contribution in [1.82, 2.24) is 4.98 Å². The smallest absolute Gasteiger partial charge is 0.150 e. The van der Waals surface area contributed by atoms with Crippen molar-refractivity contribution in [1.29, 1.82) is 0 Å². The van der Waals surface area contributed by atoms with E-state index in [0.717, 1.165) is 0 Å². The van der Waals surface area contributed by atoms with Gasteiger partial charge in [0.05, 0.1) is 11.2 Å². The summed E-state index contributed by atoms with van der Waals surface area (Å²) in [6, 6.07) is 4.04. The zero-order valence-corrected chi connectivity index (χ0v) is 7.92. The molecular formula is C10H6FNOS. The highest BCUT2D eigenvalue weighted by Gasteiger charge is 2.07. The van der Waals surface area contributed by atoms with E-state index in [9.17, 15) is 9.18 Å². The number of hydrogen-bond donors (Lipinski definition) is 0. The quantitative estimate of drug-likeness (QED) is 0.709. The average molecular weight is 207 g/mol. The van der Waals surface area contributed by atoms with Gasteiger partial charge >= 0.3 is 0 Å².